The van der Waals surface area contributed by atoms with Gasteiger partial charge in [-0.05, 0) is 25.0 Å². The number of hydrogen-bond donors (Lipinski definition) is 2. The predicted molar refractivity (Wildman–Crippen MR) is 114 cm³/mol. The zero-order chi connectivity index (χ0) is 20.6. The van der Waals surface area contributed by atoms with Crippen molar-refractivity contribution in [1.82, 2.24) is 4.90 Å². The maximum Gasteiger partial charge on any atom is 0.196 e. The molecule has 1 saturated carbocycles. The Morgan fingerprint density at radius 1 is 1.03 bits per heavy atom. The molecule has 0 amide bonds. The van der Waals surface area contributed by atoms with Crippen LogP contribution in [0, 0.1) is 0 Å². The van der Waals surface area contributed by atoms with E-state index in [-0.39, 0.29) is 23.3 Å². The molecule has 3 aliphatic rings. The average molecular weight is 408 g/mol. The van der Waals surface area contributed by atoms with Crippen molar-refractivity contribution in [3.63, 3.8) is 0 Å². The zero-order valence-electron chi connectivity index (χ0n) is 17.1. The van der Waals surface area contributed by atoms with Gasteiger partial charge in [0.25, 0.3) is 0 Å². The van der Waals surface area contributed by atoms with Crippen molar-refractivity contribution in [2.24, 2.45) is 0 Å². The number of phenolic OH excluding ortho intramolecular Hbond substituents is 1. The SMILES string of the molecule is O=C(c1ccccc1)c1ccc2c(c1O)NC1(CCCCC1)C(N1CCOCC1)O2. The van der Waals surface area contributed by atoms with E-state index in [9.17, 15) is 9.90 Å². The lowest BCUT2D eigenvalue weighted by atomic mass is 9.78. The Bertz CT molecular complexity index is 918. The highest BCUT2D eigenvalue weighted by atomic mass is 16.5. The highest BCUT2D eigenvalue weighted by Crippen LogP contribution is 2.48. The van der Waals surface area contributed by atoms with Crippen LogP contribution in [0.25, 0.3) is 0 Å². The largest absolute Gasteiger partial charge is 0.505 e. The van der Waals surface area contributed by atoms with Gasteiger partial charge in [-0.2, -0.15) is 0 Å². The molecule has 2 aromatic rings. The molecule has 2 heterocycles. The van der Waals surface area contributed by atoms with Crippen molar-refractivity contribution in [3.05, 3.63) is 53.6 Å². The predicted octanol–water partition coefficient (Wildman–Crippen LogP) is 3.79. The van der Waals surface area contributed by atoms with Gasteiger partial charge >= 0.3 is 0 Å². The quantitative estimate of drug-likeness (QED) is 0.595. The lowest BCUT2D eigenvalue weighted by Crippen LogP contribution is -2.64. The molecule has 2 fully saturated rings. The highest BCUT2D eigenvalue weighted by Gasteiger charge is 2.49. The number of fused-ring (bicyclic) bond motifs is 1. The lowest BCUT2D eigenvalue weighted by molar-refractivity contribution is -0.0865. The van der Waals surface area contributed by atoms with Crippen LogP contribution in [0.5, 0.6) is 11.5 Å². The summed E-state index contributed by atoms with van der Waals surface area (Å²) >= 11 is 0. The van der Waals surface area contributed by atoms with Crippen LogP contribution in [-0.4, -0.2) is 53.9 Å². The Hall–Kier alpha value is -2.57. The number of carbonyl (C=O) groups is 1. The topological polar surface area (TPSA) is 71.0 Å². The third kappa shape index (κ3) is 3.34. The molecule has 1 unspecified atom stereocenters. The first-order valence-corrected chi connectivity index (χ1v) is 10.9. The second-order valence-electron chi connectivity index (χ2n) is 8.49. The zero-order valence-corrected chi connectivity index (χ0v) is 17.1. The van der Waals surface area contributed by atoms with Crippen LogP contribution in [0.2, 0.25) is 0 Å². The van der Waals surface area contributed by atoms with Crippen LogP contribution in [-0.2, 0) is 4.74 Å². The van der Waals surface area contributed by atoms with E-state index >= 15 is 0 Å². The monoisotopic (exact) mass is 408 g/mol. The summed E-state index contributed by atoms with van der Waals surface area (Å²) in [6.45, 7) is 3.08. The van der Waals surface area contributed by atoms with Crippen molar-refractivity contribution >= 4 is 11.5 Å². The van der Waals surface area contributed by atoms with Gasteiger partial charge in [0, 0.05) is 18.7 Å². The fourth-order valence-electron chi connectivity index (χ4n) is 5.05. The van der Waals surface area contributed by atoms with E-state index in [1.807, 2.05) is 18.2 Å². The van der Waals surface area contributed by atoms with Gasteiger partial charge in [0.2, 0.25) is 0 Å². The fourth-order valence-corrected chi connectivity index (χ4v) is 5.05. The molecule has 2 aromatic carbocycles. The summed E-state index contributed by atoms with van der Waals surface area (Å²) in [6, 6.07) is 12.5. The maximum absolute atomic E-state index is 13.0. The molecule has 1 aliphatic carbocycles. The Morgan fingerprint density at radius 3 is 2.50 bits per heavy atom. The van der Waals surface area contributed by atoms with E-state index < -0.39 is 0 Å². The summed E-state index contributed by atoms with van der Waals surface area (Å²) in [4.78, 5) is 15.3. The molecule has 0 bridgehead atoms. The Balaban J connectivity index is 1.52. The van der Waals surface area contributed by atoms with Crippen LogP contribution in [0.4, 0.5) is 5.69 Å². The summed E-state index contributed by atoms with van der Waals surface area (Å²) in [6.07, 6.45) is 5.30. The second kappa shape index (κ2) is 7.93. The van der Waals surface area contributed by atoms with Crippen LogP contribution in [0.15, 0.2) is 42.5 Å². The molecule has 1 spiro atoms. The number of ketones is 1. The van der Waals surface area contributed by atoms with Gasteiger partial charge in [0.05, 0.1) is 24.3 Å². The molecular formula is C24H28N2O4. The summed E-state index contributed by atoms with van der Waals surface area (Å²) in [5.74, 6) is 0.391. The van der Waals surface area contributed by atoms with Gasteiger partial charge in [0.15, 0.2) is 17.8 Å². The van der Waals surface area contributed by atoms with E-state index in [0.29, 0.717) is 35.8 Å². The number of anilines is 1. The van der Waals surface area contributed by atoms with Gasteiger partial charge in [0.1, 0.15) is 11.4 Å². The van der Waals surface area contributed by atoms with Gasteiger partial charge in [-0.3, -0.25) is 9.69 Å². The van der Waals surface area contributed by atoms with E-state index in [0.717, 1.165) is 38.8 Å². The van der Waals surface area contributed by atoms with E-state index in [2.05, 4.69) is 10.2 Å². The van der Waals surface area contributed by atoms with Crippen molar-refractivity contribution in [2.45, 2.75) is 43.9 Å². The first-order chi connectivity index (χ1) is 14.7. The highest BCUT2D eigenvalue weighted by molar-refractivity contribution is 6.12. The number of morpholine rings is 1. The summed E-state index contributed by atoms with van der Waals surface area (Å²) in [5, 5.41) is 14.7. The molecule has 0 aromatic heterocycles. The average Bonchev–Trinajstić information content (AvgIpc) is 2.81. The standard InChI is InChI=1S/C24H28N2O4/c27-21(17-7-3-1-4-8-17)18-9-10-19-20(22(18)28)25-24(11-5-2-6-12-24)23(30-19)26-13-15-29-16-14-26/h1,3-4,7-10,23,25,28H,2,5-6,11-16H2. The number of nitrogens with zero attached hydrogens (tertiary/aromatic N) is 1. The van der Waals surface area contributed by atoms with Crippen LogP contribution in [0.1, 0.15) is 48.0 Å². The Morgan fingerprint density at radius 2 is 1.77 bits per heavy atom. The van der Waals surface area contributed by atoms with E-state index in [1.165, 1.54) is 6.42 Å². The summed E-state index contributed by atoms with van der Waals surface area (Å²) in [7, 11) is 0. The number of nitrogens with one attached hydrogen (secondary N) is 1. The van der Waals surface area contributed by atoms with E-state index in [1.54, 1.807) is 24.3 Å². The molecule has 2 aliphatic heterocycles. The van der Waals surface area contributed by atoms with Gasteiger partial charge in [-0.25, -0.2) is 0 Å². The molecule has 158 valence electrons. The number of phenols is 1. The molecular weight excluding hydrogens is 380 g/mol. The number of ether oxygens (including phenoxy) is 2. The fraction of sp³-hybridized carbons (Fsp3) is 0.458. The van der Waals surface area contributed by atoms with Crippen molar-refractivity contribution in [3.8, 4) is 11.5 Å². The smallest absolute Gasteiger partial charge is 0.196 e. The molecule has 6 nitrogen and oxygen atoms in total. The third-order valence-electron chi connectivity index (χ3n) is 6.63. The first kappa shape index (κ1) is 19.4. The van der Waals surface area contributed by atoms with Crippen LogP contribution >= 0.6 is 0 Å². The minimum atomic E-state index is -0.269. The maximum atomic E-state index is 13.0. The normalized spacial score (nSPS) is 23.3. The molecule has 0 radical (unpaired) electrons. The van der Waals surface area contributed by atoms with Gasteiger partial charge in [-0.15, -0.1) is 0 Å². The van der Waals surface area contributed by atoms with Crippen LogP contribution < -0.4 is 10.1 Å². The summed E-state index contributed by atoms with van der Waals surface area (Å²) < 4.78 is 12.1. The molecule has 5 rings (SSSR count). The second-order valence-corrected chi connectivity index (χ2v) is 8.49. The molecule has 30 heavy (non-hydrogen) atoms. The van der Waals surface area contributed by atoms with Crippen molar-refractivity contribution in [1.29, 1.82) is 0 Å². The Labute approximate surface area is 176 Å². The van der Waals surface area contributed by atoms with Crippen molar-refractivity contribution in [2.75, 3.05) is 31.6 Å². The molecule has 1 atom stereocenters. The number of benzene rings is 2. The first-order valence-electron chi connectivity index (χ1n) is 10.9. The van der Waals surface area contributed by atoms with Gasteiger partial charge in [-0.1, -0.05) is 49.6 Å². The number of hydrogen-bond acceptors (Lipinski definition) is 6. The molecule has 1 saturated heterocycles. The van der Waals surface area contributed by atoms with Crippen LogP contribution in [0.3, 0.4) is 0 Å². The van der Waals surface area contributed by atoms with E-state index in [4.69, 9.17) is 9.47 Å². The third-order valence-corrected chi connectivity index (χ3v) is 6.63. The Kier molecular flexibility index (Phi) is 5.13. The number of aromatic hydroxyl groups is 1. The summed E-state index contributed by atoms with van der Waals surface area (Å²) in [5.41, 5.74) is 1.13. The van der Waals surface area contributed by atoms with Crippen molar-refractivity contribution < 1.29 is 19.4 Å². The molecule has 6 heteroatoms. The van der Waals surface area contributed by atoms with Gasteiger partial charge < -0.3 is 19.9 Å². The number of rotatable bonds is 3. The number of carbonyl (C=O) groups excluding carboxylic acids is 1. The lowest BCUT2D eigenvalue weighted by Gasteiger charge is -2.52. The minimum Gasteiger partial charge on any atom is -0.505 e. The minimum absolute atomic E-state index is 0.0215. The molecule has 2 N–H and O–H groups in total.